The lowest BCUT2D eigenvalue weighted by atomic mass is 10.2. The molecule has 1 N–H and O–H groups in total. The highest BCUT2D eigenvalue weighted by atomic mass is 127. The summed E-state index contributed by atoms with van der Waals surface area (Å²) in [5.41, 5.74) is 0.709. The molecular formula is C12H14INO2. The van der Waals surface area contributed by atoms with E-state index >= 15 is 0 Å². The van der Waals surface area contributed by atoms with Crippen LogP contribution in [0.1, 0.15) is 23.2 Å². The van der Waals surface area contributed by atoms with Gasteiger partial charge in [0.1, 0.15) is 0 Å². The van der Waals surface area contributed by atoms with Crippen molar-refractivity contribution in [2.75, 3.05) is 13.2 Å². The van der Waals surface area contributed by atoms with Crippen molar-refractivity contribution in [1.82, 2.24) is 4.90 Å². The van der Waals surface area contributed by atoms with Crippen molar-refractivity contribution in [2.24, 2.45) is 0 Å². The zero-order valence-electron chi connectivity index (χ0n) is 8.90. The quantitative estimate of drug-likeness (QED) is 0.841. The van der Waals surface area contributed by atoms with Crippen molar-refractivity contribution in [1.29, 1.82) is 0 Å². The Hall–Kier alpha value is -0.620. The first-order valence-corrected chi connectivity index (χ1v) is 6.47. The SMILES string of the molecule is O=C(c1ccc(I)cc1)N1CCC[C@H]1CO. The first-order chi connectivity index (χ1) is 7.72. The van der Waals surface area contributed by atoms with Crippen molar-refractivity contribution in [3.05, 3.63) is 33.4 Å². The molecule has 1 aromatic carbocycles. The highest BCUT2D eigenvalue weighted by molar-refractivity contribution is 14.1. The van der Waals surface area contributed by atoms with Crippen molar-refractivity contribution in [2.45, 2.75) is 18.9 Å². The Labute approximate surface area is 109 Å². The maximum Gasteiger partial charge on any atom is 0.254 e. The van der Waals surface area contributed by atoms with Gasteiger partial charge in [-0.2, -0.15) is 0 Å². The second kappa shape index (κ2) is 5.14. The molecule has 1 fully saturated rings. The molecule has 2 rings (SSSR count). The number of benzene rings is 1. The molecule has 1 saturated heterocycles. The van der Waals surface area contributed by atoms with Crippen LogP contribution in [0, 0.1) is 3.57 Å². The maximum atomic E-state index is 12.1. The summed E-state index contributed by atoms with van der Waals surface area (Å²) >= 11 is 2.21. The van der Waals surface area contributed by atoms with Crippen LogP contribution in [0.3, 0.4) is 0 Å². The van der Waals surface area contributed by atoms with Gasteiger partial charge in [-0.05, 0) is 59.7 Å². The summed E-state index contributed by atoms with van der Waals surface area (Å²) in [7, 11) is 0. The minimum atomic E-state index is 0.00628. The normalized spacial score (nSPS) is 20.1. The highest BCUT2D eigenvalue weighted by Gasteiger charge is 2.28. The molecule has 4 heteroatoms. The second-order valence-corrected chi connectivity index (χ2v) is 5.23. The van der Waals surface area contributed by atoms with Crippen LogP contribution in [0.25, 0.3) is 0 Å². The molecule has 1 atom stereocenters. The summed E-state index contributed by atoms with van der Waals surface area (Å²) in [6.07, 6.45) is 1.90. The molecule has 0 saturated carbocycles. The Kier molecular flexibility index (Phi) is 3.81. The number of hydrogen-bond acceptors (Lipinski definition) is 2. The van der Waals surface area contributed by atoms with Gasteiger partial charge in [0, 0.05) is 15.7 Å². The first kappa shape index (κ1) is 11.9. The lowest BCUT2D eigenvalue weighted by Crippen LogP contribution is -2.37. The number of amides is 1. The van der Waals surface area contributed by atoms with Crippen molar-refractivity contribution in [3.63, 3.8) is 0 Å². The Morgan fingerprint density at radius 2 is 2.12 bits per heavy atom. The van der Waals surface area contributed by atoms with Crippen LogP contribution in [-0.4, -0.2) is 35.1 Å². The van der Waals surface area contributed by atoms with Gasteiger partial charge in [-0.15, -0.1) is 0 Å². The molecule has 1 amide bonds. The van der Waals surface area contributed by atoms with E-state index in [1.54, 1.807) is 4.90 Å². The van der Waals surface area contributed by atoms with Crippen molar-refractivity contribution >= 4 is 28.5 Å². The topological polar surface area (TPSA) is 40.5 Å². The molecule has 3 nitrogen and oxygen atoms in total. The average Bonchev–Trinajstić information content (AvgIpc) is 2.77. The monoisotopic (exact) mass is 331 g/mol. The Morgan fingerprint density at radius 1 is 1.44 bits per heavy atom. The molecule has 86 valence electrons. The van der Waals surface area contributed by atoms with E-state index in [2.05, 4.69) is 22.6 Å². The van der Waals surface area contributed by atoms with Crippen LogP contribution >= 0.6 is 22.6 Å². The minimum absolute atomic E-state index is 0.00628. The van der Waals surface area contributed by atoms with E-state index in [4.69, 9.17) is 0 Å². The van der Waals surface area contributed by atoms with Crippen molar-refractivity contribution < 1.29 is 9.90 Å². The third-order valence-electron chi connectivity index (χ3n) is 2.94. The Bertz CT molecular complexity index is 377. The summed E-state index contributed by atoms with van der Waals surface area (Å²) < 4.78 is 1.12. The van der Waals surface area contributed by atoms with E-state index in [0.29, 0.717) is 5.56 Å². The summed E-state index contributed by atoms with van der Waals surface area (Å²) in [4.78, 5) is 13.9. The van der Waals surface area contributed by atoms with E-state index in [0.717, 1.165) is 23.0 Å². The number of aliphatic hydroxyl groups excluding tert-OH is 1. The van der Waals surface area contributed by atoms with Gasteiger partial charge in [-0.1, -0.05) is 0 Å². The summed E-state index contributed by atoms with van der Waals surface area (Å²) in [6, 6.07) is 7.55. The van der Waals surface area contributed by atoms with Gasteiger partial charge in [0.25, 0.3) is 5.91 Å². The molecular weight excluding hydrogens is 317 g/mol. The molecule has 0 aliphatic carbocycles. The molecule has 1 heterocycles. The number of halogens is 1. The zero-order chi connectivity index (χ0) is 11.5. The molecule has 0 aromatic heterocycles. The highest BCUT2D eigenvalue weighted by Crippen LogP contribution is 2.20. The first-order valence-electron chi connectivity index (χ1n) is 5.40. The predicted molar refractivity (Wildman–Crippen MR) is 70.3 cm³/mol. The number of carbonyl (C=O) groups excluding carboxylic acids is 1. The number of carbonyl (C=O) groups is 1. The molecule has 0 radical (unpaired) electrons. The van der Waals surface area contributed by atoms with E-state index in [-0.39, 0.29) is 18.6 Å². The number of hydrogen-bond donors (Lipinski definition) is 1. The van der Waals surface area contributed by atoms with Crippen LogP contribution in [0.2, 0.25) is 0 Å². The number of likely N-dealkylation sites (tertiary alicyclic amines) is 1. The largest absolute Gasteiger partial charge is 0.394 e. The third kappa shape index (κ3) is 2.38. The average molecular weight is 331 g/mol. The number of aliphatic hydroxyl groups is 1. The molecule has 1 aliphatic heterocycles. The second-order valence-electron chi connectivity index (χ2n) is 3.98. The van der Waals surface area contributed by atoms with Gasteiger partial charge >= 0.3 is 0 Å². The standard InChI is InChI=1S/C12H14INO2/c13-10-5-3-9(4-6-10)12(16)14-7-1-2-11(14)8-15/h3-6,11,15H,1-2,7-8H2/t11-/m0/s1. The maximum absolute atomic E-state index is 12.1. The predicted octanol–water partition coefficient (Wildman–Crippen LogP) is 1.89. The Morgan fingerprint density at radius 3 is 2.75 bits per heavy atom. The summed E-state index contributed by atoms with van der Waals surface area (Å²) in [5, 5.41) is 9.18. The molecule has 0 bridgehead atoms. The van der Waals surface area contributed by atoms with Crippen LogP contribution in [-0.2, 0) is 0 Å². The minimum Gasteiger partial charge on any atom is -0.394 e. The van der Waals surface area contributed by atoms with Gasteiger partial charge in [0.05, 0.1) is 12.6 Å². The fraction of sp³-hybridized carbons (Fsp3) is 0.417. The van der Waals surface area contributed by atoms with E-state index in [9.17, 15) is 9.90 Å². The van der Waals surface area contributed by atoms with Crippen LogP contribution in [0.5, 0.6) is 0 Å². The van der Waals surface area contributed by atoms with Gasteiger partial charge in [-0.3, -0.25) is 4.79 Å². The fourth-order valence-corrected chi connectivity index (χ4v) is 2.41. The van der Waals surface area contributed by atoms with E-state index in [1.165, 1.54) is 0 Å². The molecule has 0 unspecified atom stereocenters. The molecule has 1 aliphatic rings. The van der Waals surface area contributed by atoms with Crippen LogP contribution in [0.15, 0.2) is 24.3 Å². The lowest BCUT2D eigenvalue weighted by molar-refractivity contribution is 0.0677. The summed E-state index contributed by atoms with van der Waals surface area (Å²) in [6.45, 7) is 0.826. The Balaban J connectivity index is 2.15. The fourth-order valence-electron chi connectivity index (χ4n) is 2.05. The number of nitrogens with zero attached hydrogens (tertiary/aromatic N) is 1. The molecule has 0 spiro atoms. The number of rotatable bonds is 2. The van der Waals surface area contributed by atoms with Gasteiger partial charge < -0.3 is 10.0 Å². The lowest BCUT2D eigenvalue weighted by Gasteiger charge is -2.23. The molecule has 1 aromatic rings. The zero-order valence-corrected chi connectivity index (χ0v) is 11.1. The third-order valence-corrected chi connectivity index (χ3v) is 3.66. The summed E-state index contributed by atoms with van der Waals surface area (Å²) in [5.74, 6) is 0.0351. The van der Waals surface area contributed by atoms with Crippen molar-refractivity contribution in [3.8, 4) is 0 Å². The van der Waals surface area contributed by atoms with Gasteiger partial charge in [0.15, 0.2) is 0 Å². The van der Waals surface area contributed by atoms with Crippen LogP contribution < -0.4 is 0 Å². The van der Waals surface area contributed by atoms with E-state index in [1.807, 2.05) is 24.3 Å². The van der Waals surface area contributed by atoms with E-state index < -0.39 is 0 Å². The van der Waals surface area contributed by atoms with Crippen LogP contribution in [0.4, 0.5) is 0 Å². The van der Waals surface area contributed by atoms with Gasteiger partial charge in [0.2, 0.25) is 0 Å². The smallest absolute Gasteiger partial charge is 0.254 e. The van der Waals surface area contributed by atoms with Gasteiger partial charge in [-0.25, -0.2) is 0 Å². The molecule has 16 heavy (non-hydrogen) atoms.